The molecule has 0 atom stereocenters. The lowest BCUT2D eigenvalue weighted by Gasteiger charge is -1.98. The van der Waals surface area contributed by atoms with Crippen LogP contribution in [-0.4, -0.2) is 6.21 Å². The van der Waals surface area contributed by atoms with Gasteiger partial charge in [0.25, 0.3) is 0 Å². The Balaban J connectivity index is 3.23. The van der Waals surface area contributed by atoms with Gasteiger partial charge in [-0.3, -0.25) is 4.99 Å². The number of nitrogens with zero attached hydrogens (tertiary/aromatic N) is 1. The van der Waals surface area contributed by atoms with Crippen LogP contribution in [0.1, 0.15) is 58.3 Å². The van der Waals surface area contributed by atoms with E-state index in [2.05, 4.69) is 18.5 Å². The number of rotatable bonds is 10. The van der Waals surface area contributed by atoms with Crippen molar-refractivity contribution in [2.24, 2.45) is 4.99 Å². The van der Waals surface area contributed by atoms with Gasteiger partial charge < -0.3 is 0 Å². The molecule has 1 nitrogen and oxygen atoms in total. The Morgan fingerprint density at radius 2 is 1.75 bits per heavy atom. The Labute approximate surface area is 99.2 Å². The average Bonchev–Trinajstić information content (AvgIpc) is 2.31. The number of hydrogen-bond donors (Lipinski definition) is 0. The number of halogens is 1. The zero-order valence-electron chi connectivity index (χ0n) is 10.4. The van der Waals surface area contributed by atoms with Gasteiger partial charge in [0, 0.05) is 6.21 Å². The van der Waals surface area contributed by atoms with E-state index in [4.69, 9.17) is 0 Å². The Hall–Kier alpha value is -0.920. The first-order valence-electron chi connectivity index (χ1n) is 6.31. The van der Waals surface area contributed by atoms with Crippen LogP contribution in [0.25, 0.3) is 0 Å². The molecule has 0 spiro atoms. The lowest BCUT2D eigenvalue weighted by Crippen LogP contribution is -1.81. The molecule has 0 saturated carbocycles. The first-order valence-corrected chi connectivity index (χ1v) is 6.31. The van der Waals surface area contributed by atoms with Crippen molar-refractivity contribution in [3.05, 3.63) is 24.7 Å². The van der Waals surface area contributed by atoms with Gasteiger partial charge in [0.1, 0.15) is 5.83 Å². The summed E-state index contributed by atoms with van der Waals surface area (Å²) < 4.78 is 12.5. The van der Waals surface area contributed by atoms with Crippen LogP contribution in [0.2, 0.25) is 0 Å². The van der Waals surface area contributed by atoms with Crippen LogP contribution in [0.15, 0.2) is 29.7 Å². The minimum absolute atomic E-state index is 0.379. The fraction of sp³-hybridized carbons (Fsp3) is 0.643. The molecular formula is C14H24FN. The van der Waals surface area contributed by atoms with Crippen LogP contribution in [0, 0.1) is 0 Å². The smallest absolute Gasteiger partial charge is 0.140 e. The first-order chi connectivity index (χ1) is 7.81. The topological polar surface area (TPSA) is 12.4 Å². The van der Waals surface area contributed by atoms with E-state index in [1.807, 2.05) is 0 Å². The quantitative estimate of drug-likeness (QED) is 0.275. The van der Waals surface area contributed by atoms with E-state index in [1.165, 1.54) is 44.7 Å². The first kappa shape index (κ1) is 15.1. The number of allylic oxidation sites excluding steroid dienone is 2. The van der Waals surface area contributed by atoms with Crippen molar-refractivity contribution in [2.75, 3.05) is 0 Å². The molecular weight excluding hydrogens is 201 g/mol. The molecule has 0 heterocycles. The molecule has 0 unspecified atom stereocenters. The molecule has 0 aliphatic rings. The Morgan fingerprint density at radius 1 is 1.12 bits per heavy atom. The third kappa shape index (κ3) is 11.2. The molecule has 0 aromatic carbocycles. The van der Waals surface area contributed by atoms with Crippen molar-refractivity contribution in [3.8, 4) is 0 Å². The summed E-state index contributed by atoms with van der Waals surface area (Å²) in [7, 11) is 0. The van der Waals surface area contributed by atoms with Crippen LogP contribution in [0.5, 0.6) is 0 Å². The largest absolute Gasteiger partial charge is 0.266 e. The van der Waals surface area contributed by atoms with Crippen molar-refractivity contribution < 1.29 is 4.39 Å². The molecule has 92 valence electrons. The number of unbranched alkanes of at least 4 members (excludes halogenated alkanes) is 7. The van der Waals surface area contributed by atoms with Gasteiger partial charge in [-0.2, -0.15) is 0 Å². The molecule has 0 aliphatic carbocycles. The molecule has 0 fully saturated rings. The third-order valence-corrected chi connectivity index (χ3v) is 2.44. The van der Waals surface area contributed by atoms with Crippen LogP contribution >= 0.6 is 0 Å². The Morgan fingerprint density at radius 3 is 2.38 bits per heavy atom. The van der Waals surface area contributed by atoms with Gasteiger partial charge in [-0.05, 0) is 18.9 Å². The van der Waals surface area contributed by atoms with E-state index in [-0.39, 0.29) is 5.83 Å². The monoisotopic (exact) mass is 225 g/mol. The second-order valence-corrected chi connectivity index (χ2v) is 3.96. The molecule has 16 heavy (non-hydrogen) atoms. The van der Waals surface area contributed by atoms with Crippen LogP contribution < -0.4 is 0 Å². The highest BCUT2D eigenvalue weighted by molar-refractivity contribution is 5.58. The predicted octanol–water partition coefficient (Wildman–Crippen LogP) is 5.19. The second kappa shape index (κ2) is 12.2. The highest BCUT2D eigenvalue weighted by Gasteiger charge is 1.89. The maximum absolute atomic E-state index is 12.5. The summed E-state index contributed by atoms with van der Waals surface area (Å²) in [5, 5.41) is 0. The van der Waals surface area contributed by atoms with Gasteiger partial charge in [0.05, 0.1) is 6.20 Å². The van der Waals surface area contributed by atoms with Crippen molar-refractivity contribution in [1.82, 2.24) is 0 Å². The fourth-order valence-corrected chi connectivity index (χ4v) is 1.44. The van der Waals surface area contributed by atoms with Crippen molar-refractivity contribution >= 4 is 6.21 Å². The van der Waals surface area contributed by atoms with E-state index in [0.29, 0.717) is 0 Å². The molecule has 0 radical (unpaired) electrons. The standard InChI is InChI=1S/C14H24FN/c1-3-5-6-7-8-9-10-11-12-16-13-14(15)4-2/h4,12-13H,2-3,5-11H2,1H3/b14-13+,16-12-. The zero-order chi connectivity index (χ0) is 12.1. The van der Waals surface area contributed by atoms with Crippen molar-refractivity contribution in [2.45, 2.75) is 58.3 Å². The predicted molar refractivity (Wildman–Crippen MR) is 70.5 cm³/mol. The molecule has 0 aromatic rings. The van der Waals surface area contributed by atoms with E-state index < -0.39 is 0 Å². The lowest BCUT2D eigenvalue weighted by molar-refractivity contribution is 0.596. The summed E-state index contributed by atoms with van der Waals surface area (Å²) in [6.07, 6.45) is 14.1. The molecule has 0 aromatic heterocycles. The molecule has 0 N–H and O–H groups in total. The molecule has 0 rings (SSSR count). The van der Waals surface area contributed by atoms with Gasteiger partial charge in [-0.15, -0.1) is 0 Å². The summed E-state index contributed by atoms with van der Waals surface area (Å²) in [5.74, 6) is -0.379. The average molecular weight is 225 g/mol. The molecule has 0 bridgehead atoms. The Bertz CT molecular complexity index is 219. The lowest BCUT2D eigenvalue weighted by atomic mass is 10.1. The summed E-state index contributed by atoms with van der Waals surface area (Å²) >= 11 is 0. The zero-order valence-corrected chi connectivity index (χ0v) is 10.4. The van der Waals surface area contributed by atoms with E-state index >= 15 is 0 Å². The van der Waals surface area contributed by atoms with Crippen molar-refractivity contribution in [3.63, 3.8) is 0 Å². The molecule has 0 aliphatic heterocycles. The van der Waals surface area contributed by atoms with Gasteiger partial charge in [-0.25, -0.2) is 4.39 Å². The minimum Gasteiger partial charge on any atom is -0.266 e. The normalized spacial score (nSPS) is 12.2. The van der Waals surface area contributed by atoms with Gasteiger partial charge in [0.15, 0.2) is 0 Å². The number of aliphatic imine (C=N–C) groups is 1. The maximum Gasteiger partial charge on any atom is 0.140 e. The van der Waals surface area contributed by atoms with E-state index in [9.17, 15) is 4.39 Å². The third-order valence-electron chi connectivity index (χ3n) is 2.44. The van der Waals surface area contributed by atoms with Gasteiger partial charge in [-0.1, -0.05) is 52.0 Å². The second-order valence-electron chi connectivity index (χ2n) is 3.96. The molecule has 2 heteroatoms. The number of hydrogen-bond acceptors (Lipinski definition) is 1. The SMILES string of the molecule is C=C/C(F)=C\N=C/CCCCCCCCC. The fourth-order valence-electron chi connectivity index (χ4n) is 1.44. The van der Waals surface area contributed by atoms with E-state index in [0.717, 1.165) is 18.9 Å². The van der Waals surface area contributed by atoms with Gasteiger partial charge in [0.2, 0.25) is 0 Å². The van der Waals surface area contributed by atoms with Crippen molar-refractivity contribution in [1.29, 1.82) is 0 Å². The summed E-state index contributed by atoms with van der Waals surface area (Å²) in [4.78, 5) is 3.86. The molecule has 0 saturated heterocycles. The van der Waals surface area contributed by atoms with Crippen LogP contribution in [0.3, 0.4) is 0 Å². The van der Waals surface area contributed by atoms with Gasteiger partial charge >= 0.3 is 0 Å². The highest BCUT2D eigenvalue weighted by atomic mass is 19.1. The van der Waals surface area contributed by atoms with Crippen LogP contribution in [-0.2, 0) is 0 Å². The molecule has 0 amide bonds. The highest BCUT2D eigenvalue weighted by Crippen LogP contribution is 2.07. The summed E-state index contributed by atoms with van der Waals surface area (Å²) in [6.45, 7) is 5.54. The summed E-state index contributed by atoms with van der Waals surface area (Å²) in [6, 6.07) is 0. The Kier molecular flexibility index (Phi) is 11.5. The minimum atomic E-state index is -0.379. The van der Waals surface area contributed by atoms with E-state index in [1.54, 1.807) is 6.21 Å². The summed E-state index contributed by atoms with van der Waals surface area (Å²) in [5.41, 5.74) is 0. The maximum atomic E-state index is 12.5. The van der Waals surface area contributed by atoms with Crippen LogP contribution in [0.4, 0.5) is 4.39 Å².